The highest BCUT2D eigenvalue weighted by molar-refractivity contribution is 5.78. The van der Waals surface area contributed by atoms with Gasteiger partial charge >= 0.3 is 0 Å². The molecule has 2 N–H and O–H groups in total. The molecule has 0 radical (unpaired) electrons. The third kappa shape index (κ3) is 5.07. The summed E-state index contributed by atoms with van der Waals surface area (Å²) < 4.78 is 0. The molecule has 1 aliphatic rings. The van der Waals surface area contributed by atoms with Crippen molar-refractivity contribution in [2.75, 3.05) is 6.54 Å². The minimum absolute atomic E-state index is 0.119. The van der Waals surface area contributed by atoms with Crippen LogP contribution in [0, 0.1) is 11.8 Å². The van der Waals surface area contributed by atoms with E-state index >= 15 is 0 Å². The monoisotopic (exact) mass is 240 g/mol. The van der Waals surface area contributed by atoms with Crippen LogP contribution in [0.2, 0.25) is 0 Å². The van der Waals surface area contributed by atoms with Crippen LogP contribution in [-0.4, -0.2) is 24.5 Å². The Morgan fingerprint density at radius 2 is 1.82 bits per heavy atom. The lowest BCUT2D eigenvalue weighted by molar-refractivity contribution is -0.121. The molecule has 1 saturated carbocycles. The van der Waals surface area contributed by atoms with Crippen molar-refractivity contribution < 1.29 is 4.79 Å². The summed E-state index contributed by atoms with van der Waals surface area (Å²) >= 11 is 0. The number of rotatable bonds is 5. The van der Waals surface area contributed by atoms with Gasteiger partial charge in [-0.2, -0.15) is 0 Å². The van der Waals surface area contributed by atoms with E-state index in [2.05, 4.69) is 24.5 Å². The first-order chi connectivity index (χ1) is 8.00. The Labute approximate surface area is 106 Å². The Hall–Kier alpha value is -0.570. The van der Waals surface area contributed by atoms with Gasteiger partial charge in [0.1, 0.15) is 0 Å². The molecule has 3 nitrogen and oxygen atoms in total. The lowest BCUT2D eigenvalue weighted by Gasteiger charge is -2.35. The molecular weight excluding hydrogens is 212 g/mol. The van der Waals surface area contributed by atoms with E-state index in [0.717, 1.165) is 5.92 Å². The summed E-state index contributed by atoms with van der Waals surface area (Å²) in [6.45, 7) is 9.04. The topological polar surface area (TPSA) is 41.1 Å². The van der Waals surface area contributed by atoms with Crippen LogP contribution in [0.1, 0.15) is 53.4 Å². The van der Waals surface area contributed by atoms with Crippen LogP contribution < -0.4 is 10.6 Å². The summed E-state index contributed by atoms with van der Waals surface area (Å²) in [5.74, 6) is 1.56. The van der Waals surface area contributed by atoms with E-state index in [-0.39, 0.29) is 11.9 Å². The second-order valence-electron chi connectivity index (χ2n) is 5.90. The van der Waals surface area contributed by atoms with Crippen LogP contribution in [0.4, 0.5) is 0 Å². The van der Waals surface area contributed by atoms with Gasteiger partial charge in [-0.15, -0.1) is 0 Å². The van der Waals surface area contributed by atoms with Crippen LogP contribution >= 0.6 is 0 Å². The van der Waals surface area contributed by atoms with E-state index in [4.69, 9.17) is 0 Å². The Bertz CT molecular complexity index is 238. The van der Waals surface area contributed by atoms with Gasteiger partial charge in [0.25, 0.3) is 0 Å². The van der Waals surface area contributed by atoms with Gasteiger partial charge in [0.05, 0.1) is 6.54 Å². The summed E-state index contributed by atoms with van der Waals surface area (Å²) in [6.07, 6.45) is 5.17. The van der Waals surface area contributed by atoms with Crippen molar-refractivity contribution in [3.05, 3.63) is 0 Å². The normalized spacial score (nSPS) is 25.3. The van der Waals surface area contributed by atoms with E-state index in [1.165, 1.54) is 25.7 Å². The molecule has 0 aromatic carbocycles. The molecule has 1 rings (SSSR count). The zero-order valence-corrected chi connectivity index (χ0v) is 11.8. The SMILES string of the molecule is CC(C)NC(=O)CNC1CCCCC1C(C)C. The molecule has 0 aromatic rings. The minimum Gasteiger partial charge on any atom is -0.353 e. The minimum atomic E-state index is 0.119. The largest absolute Gasteiger partial charge is 0.353 e. The molecule has 0 bridgehead atoms. The predicted molar refractivity (Wildman–Crippen MR) is 71.9 cm³/mol. The number of carbonyl (C=O) groups is 1. The summed E-state index contributed by atoms with van der Waals surface area (Å²) in [4.78, 5) is 11.6. The van der Waals surface area contributed by atoms with Crippen molar-refractivity contribution in [3.63, 3.8) is 0 Å². The van der Waals surface area contributed by atoms with Gasteiger partial charge in [-0.1, -0.05) is 26.7 Å². The zero-order chi connectivity index (χ0) is 12.8. The number of hydrogen-bond acceptors (Lipinski definition) is 2. The van der Waals surface area contributed by atoms with Crippen LogP contribution in [0.5, 0.6) is 0 Å². The molecule has 2 atom stereocenters. The van der Waals surface area contributed by atoms with Crippen LogP contribution in [-0.2, 0) is 4.79 Å². The van der Waals surface area contributed by atoms with Crippen molar-refractivity contribution in [3.8, 4) is 0 Å². The van der Waals surface area contributed by atoms with Crippen molar-refractivity contribution >= 4 is 5.91 Å². The van der Waals surface area contributed by atoms with Crippen molar-refractivity contribution in [2.45, 2.75) is 65.5 Å². The van der Waals surface area contributed by atoms with Crippen molar-refractivity contribution in [1.82, 2.24) is 10.6 Å². The Balaban J connectivity index is 2.35. The Kier molecular flexibility index (Phi) is 5.96. The Morgan fingerprint density at radius 3 is 2.41 bits per heavy atom. The lowest BCUT2D eigenvalue weighted by atomic mass is 9.78. The maximum Gasteiger partial charge on any atom is 0.234 e. The standard InChI is InChI=1S/C14H28N2O/c1-10(2)12-7-5-6-8-13(12)15-9-14(17)16-11(3)4/h10-13,15H,5-9H2,1-4H3,(H,16,17). The highest BCUT2D eigenvalue weighted by Gasteiger charge is 2.27. The fourth-order valence-corrected chi connectivity index (χ4v) is 2.81. The summed E-state index contributed by atoms with van der Waals surface area (Å²) in [6, 6.07) is 0.762. The van der Waals surface area contributed by atoms with E-state index in [9.17, 15) is 4.79 Å². The van der Waals surface area contributed by atoms with Gasteiger partial charge in [-0.05, 0) is 38.5 Å². The third-order valence-electron chi connectivity index (χ3n) is 3.65. The highest BCUT2D eigenvalue weighted by Crippen LogP contribution is 2.29. The van der Waals surface area contributed by atoms with Crippen LogP contribution in [0.25, 0.3) is 0 Å². The van der Waals surface area contributed by atoms with E-state index in [1.54, 1.807) is 0 Å². The van der Waals surface area contributed by atoms with E-state index in [1.807, 2.05) is 13.8 Å². The van der Waals surface area contributed by atoms with Gasteiger partial charge in [-0.3, -0.25) is 4.79 Å². The first kappa shape index (κ1) is 14.5. The highest BCUT2D eigenvalue weighted by atomic mass is 16.1. The fraction of sp³-hybridized carbons (Fsp3) is 0.929. The molecule has 1 amide bonds. The molecule has 0 spiro atoms. The summed E-state index contributed by atoms with van der Waals surface area (Å²) in [7, 11) is 0. The maximum atomic E-state index is 11.6. The molecule has 0 aromatic heterocycles. The number of amides is 1. The van der Waals surface area contributed by atoms with Gasteiger partial charge in [0, 0.05) is 12.1 Å². The molecule has 3 heteroatoms. The number of nitrogens with one attached hydrogen (secondary N) is 2. The third-order valence-corrected chi connectivity index (χ3v) is 3.65. The molecular formula is C14H28N2O. The molecule has 1 fully saturated rings. The van der Waals surface area contributed by atoms with Gasteiger partial charge < -0.3 is 10.6 Å². The van der Waals surface area contributed by atoms with Crippen LogP contribution in [0.15, 0.2) is 0 Å². The van der Waals surface area contributed by atoms with Crippen LogP contribution in [0.3, 0.4) is 0 Å². The van der Waals surface area contributed by atoms with E-state index in [0.29, 0.717) is 18.5 Å². The molecule has 0 aliphatic heterocycles. The maximum absolute atomic E-state index is 11.6. The number of hydrogen-bond donors (Lipinski definition) is 2. The van der Waals surface area contributed by atoms with E-state index < -0.39 is 0 Å². The van der Waals surface area contributed by atoms with Crippen molar-refractivity contribution in [2.24, 2.45) is 11.8 Å². The zero-order valence-electron chi connectivity index (χ0n) is 11.8. The number of carbonyl (C=O) groups excluding carboxylic acids is 1. The molecule has 2 unspecified atom stereocenters. The average Bonchev–Trinajstić information content (AvgIpc) is 2.25. The second-order valence-corrected chi connectivity index (χ2v) is 5.90. The molecule has 0 heterocycles. The smallest absolute Gasteiger partial charge is 0.234 e. The van der Waals surface area contributed by atoms with Gasteiger partial charge in [-0.25, -0.2) is 0 Å². The van der Waals surface area contributed by atoms with Gasteiger partial charge in [0.15, 0.2) is 0 Å². The molecule has 1 aliphatic carbocycles. The average molecular weight is 240 g/mol. The molecule has 17 heavy (non-hydrogen) atoms. The predicted octanol–water partition coefficient (Wildman–Crippen LogP) is 2.32. The first-order valence-electron chi connectivity index (χ1n) is 7.03. The lowest BCUT2D eigenvalue weighted by Crippen LogP contribution is -2.46. The second kappa shape index (κ2) is 7.00. The first-order valence-corrected chi connectivity index (χ1v) is 7.03. The fourth-order valence-electron chi connectivity index (χ4n) is 2.81. The molecule has 0 saturated heterocycles. The quantitative estimate of drug-likeness (QED) is 0.774. The summed E-state index contributed by atoms with van der Waals surface area (Å²) in [5, 5.41) is 6.37. The van der Waals surface area contributed by atoms with Crippen molar-refractivity contribution in [1.29, 1.82) is 0 Å². The Morgan fingerprint density at radius 1 is 1.18 bits per heavy atom. The summed E-state index contributed by atoms with van der Waals surface area (Å²) in [5.41, 5.74) is 0. The van der Waals surface area contributed by atoms with Gasteiger partial charge in [0.2, 0.25) is 5.91 Å². The molecule has 100 valence electrons.